The lowest BCUT2D eigenvalue weighted by Gasteiger charge is -2.03. The first kappa shape index (κ1) is 12.5. The van der Waals surface area contributed by atoms with E-state index in [4.69, 9.17) is 0 Å². The van der Waals surface area contributed by atoms with Gasteiger partial charge in [-0.1, -0.05) is 23.9 Å². The molecule has 0 amide bonds. The molecule has 0 saturated carbocycles. The van der Waals surface area contributed by atoms with Gasteiger partial charge in [-0.15, -0.1) is 0 Å². The van der Waals surface area contributed by atoms with Crippen LogP contribution in [0.1, 0.15) is 0 Å². The van der Waals surface area contributed by atoms with Crippen molar-refractivity contribution in [2.24, 2.45) is 0 Å². The number of para-hydroxylation sites is 1. The minimum absolute atomic E-state index is 0.144. The van der Waals surface area contributed by atoms with Crippen LogP contribution in [0.25, 0.3) is 0 Å². The predicted octanol–water partition coefficient (Wildman–Crippen LogP) is 4.02. The Morgan fingerprint density at radius 3 is 2.50 bits per heavy atom. The zero-order valence-corrected chi connectivity index (χ0v) is 9.79. The van der Waals surface area contributed by atoms with Gasteiger partial charge in [0.1, 0.15) is 5.82 Å². The standard InChI is InChI=1S/C12H7F2NO2S/c13-8-3-1-4-9(7-8)18-11-6-2-5-10(14)12(11)15(16)17/h1-7H. The first-order chi connectivity index (χ1) is 8.58. The van der Waals surface area contributed by atoms with E-state index in [0.29, 0.717) is 4.90 Å². The summed E-state index contributed by atoms with van der Waals surface area (Å²) in [5.41, 5.74) is -0.591. The number of nitro groups is 1. The van der Waals surface area contributed by atoms with Gasteiger partial charge in [0.25, 0.3) is 0 Å². The Labute approximate surface area is 106 Å². The molecular formula is C12H7F2NO2S. The molecule has 0 radical (unpaired) electrons. The van der Waals surface area contributed by atoms with Crippen molar-refractivity contribution in [1.29, 1.82) is 0 Å². The lowest BCUT2D eigenvalue weighted by atomic mass is 10.3. The van der Waals surface area contributed by atoms with E-state index >= 15 is 0 Å². The molecule has 18 heavy (non-hydrogen) atoms. The van der Waals surface area contributed by atoms with Gasteiger partial charge >= 0.3 is 5.69 Å². The molecule has 0 heterocycles. The summed E-state index contributed by atoms with van der Waals surface area (Å²) in [6, 6.07) is 9.42. The highest BCUT2D eigenvalue weighted by molar-refractivity contribution is 7.99. The number of nitro benzene ring substituents is 1. The molecule has 2 aromatic rings. The number of benzene rings is 2. The van der Waals surface area contributed by atoms with Gasteiger partial charge in [0, 0.05) is 4.90 Å². The summed E-state index contributed by atoms with van der Waals surface area (Å²) in [6.45, 7) is 0. The molecule has 0 aliphatic rings. The van der Waals surface area contributed by atoms with Crippen molar-refractivity contribution in [3.05, 3.63) is 64.2 Å². The van der Waals surface area contributed by atoms with Crippen LogP contribution in [-0.2, 0) is 0 Å². The molecule has 0 atom stereocenters. The molecule has 0 aliphatic heterocycles. The smallest absolute Gasteiger partial charge is 0.258 e. The first-order valence-corrected chi connectivity index (χ1v) is 5.76. The quantitative estimate of drug-likeness (QED) is 0.623. The van der Waals surface area contributed by atoms with E-state index in [0.717, 1.165) is 17.8 Å². The lowest BCUT2D eigenvalue weighted by molar-refractivity contribution is -0.390. The molecule has 2 rings (SSSR count). The van der Waals surface area contributed by atoms with Gasteiger partial charge in [0.15, 0.2) is 0 Å². The Morgan fingerprint density at radius 2 is 1.83 bits per heavy atom. The SMILES string of the molecule is O=[N+]([O-])c1c(F)cccc1Sc1cccc(F)c1. The van der Waals surface area contributed by atoms with Gasteiger partial charge in [-0.05, 0) is 30.3 Å². The highest BCUT2D eigenvalue weighted by Gasteiger charge is 2.20. The highest BCUT2D eigenvalue weighted by atomic mass is 32.2. The van der Waals surface area contributed by atoms with Crippen molar-refractivity contribution in [3.8, 4) is 0 Å². The van der Waals surface area contributed by atoms with Crippen LogP contribution in [0.5, 0.6) is 0 Å². The normalized spacial score (nSPS) is 10.3. The fourth-order valence-corrected chi connectivity index (χ4v) is 2.40. The summed E-state index contributed by atoms with van der Waals surface area (Å²) in [4.78, 5) is 10.6. The number of nitrogens with zero attached hydrogens (tertiary/aromatic N) is 1. The summed E-state index contributed by atoms with van der Waals surface area (Å²) in [7, 11) is 0. The number of halogens is 2. The molecule has 2 aromatic carbocycles. The molecular weight excluding hydrogens is 260 g/mol. The molecule has 0 bridgehead atoms. The molecule has 92 valence electrons. The summed E-state index contributed by atoms with van der Waals surface area (Å²) in [5, 5.41) is 10.8. The Balaban J connectivity index is 2.40. The van der Waals surface area contributed by atoms with Gasteiger partial charge < -0.3 is 0 Å². The molecule has 3 nitrogen and oxygen atoms in total. The van der Waals surface area contributed by atoms with Crippen molar-refractivity contribution in [3.63, 3.8) is 0 Å². The Morgan fingerprint density at radius 1 is 1.11 bits per heavy atom. The Bertz CT molecular complexity index is 604. The zero-order chi connectivity index (χ0) is 13.1. The maximum atomic E-state index is 13.4. The van der Waals surface area contributed by atoms with E-state index < -0.39 is 22.2 Å². The molecule has 0 unspecified atom stereocenters. The van der Waals surface area contributed by atoms with Crippen molar-refractivity contribution < 1.29 is 13.7 Å². The summed E-state index contributed by atoms with van der Waals surface area (Å²) >= 11 is 0.949. The van der Waals surface area contributed by atoms with Gasteiger partial charge in [0.05, 0.1) is 9.82 Å². The molecule has 0 fully saturated rings. The second-order valence-electron chi connectivity index (χ2n) is 3.40. The minimum atomic E-state index is -0.901. The summed E-state index contributed by atoms with van der Waals surface area (Å²) in [5.74, 6) is -1.35. The second kappa shape index (κ2) is 5.14. The van der Waals surface area contributed by atoms with E-state index in [-0.39, 0.29) is 4.90 Å². The average molecular weight is 267 g/mol. The highest BCUT2D eigenvalue weighted by Crippen LogP contribution is 2.36. The third-order valence-electron chi connectivity index (χ3n) is 2.16. The number of rotatable bonds is 3. The van der Waals surface area contributed by atoms with Crippen molar-refractivity contribution in [2.75, 3.05) is 0 Å². The fourth-order valence-electron chi connectivity index (χ4n) is 1.41. The Kier molecular flexibility index (Phi) is 3.57. The van der Waals surface area contributed by atoms with Crippen molar-refractivity contribution in [1.82, 2.24) is 0 Å². The van der Waals surface area contributed by atoms with Gasteiger partial charge in [-0.3, -0.25) is 10.1 Å². The van der Waals surface area contributed by atoms with Crippen LogP contribution in [0.4, 0.5) is 14.5 Å². The van der Waals surface area contributed by atoms with Crippen LogP contribution in [0.15, 0.2) is 52.3 Å². The maximum Gasteiger partial charge on any atom is 0.318 e. The largest absolute Gasteiger partial charge is 0.318 e. The molecule has 0 saturated heterocycles. The summed E-state index contributed by atoms with van der Waals surface area (Å²) in [6.07, 6.45) is 0. The number of hydrogen-bond donors (Lipinski definition) is 0. The molecule has 0 aromatic heterocycles. The molecule has 6 heteroatoms. The summed E-state index contributed by atoms with van der Waals surface area (Å²) < 4.78 is 26.3. The third kappa shape index (κ3) is 2.65. The van der Waals surface area contributed by atoms with Gasteiger partial charge in [-0.2, -0.15) is 4.39 Å². The minimum Gasteiger partial charge on any atom is -0.258 e. The van der Waals surface area contributed by atoms with Crippen LogP contribution in [0.2, 0.25) is 0 Å². The van der Waals surface area contributed by atoms with Crippen LogP contribution in [-0.4, -0.2) is 4.92 Å². The van der Waals surface area contributed by atoms with E-state index in [1.165, 1.54) is 30.3 Å². The van der Waals surface area contributed by atoms with Crippen LogP contribution in [0, 0.1) is 21.7 Å². The Hall–Kier alpha value is -1.95. The van der Waals surface area contributed by atoms with E-state index in [9.17, 15) is 18.9 Å². The number of hydrogen-bond acceptors (Lipinski definition) is 3. The monoisotopic (exact) mass is 267 g/mol. The van der Waals surface area contributed by atoms with E-state index in [1.807, 2.05) is 0 Å². The van der Waals surface area contributed by atoms with Crippen LogP contribution in [0.3, 0.4) is 0 Å². The fraction of sp³-hybridized carbons (Fsp3) is 0. The predicted molar refractivity (Wildman–Crippen MR) is 63.6 cm³/mol. The van der Waals surface area contributed by atoms with Crippen LogP contribution < -0.4 is 0 Å². The third-order valence-corrected chi connectivity index (χ3v) is 3.20. The molecule has 0 N–H and O–H groups in total. The molecule has 0 aliphatic carbocycles. The van der Waals surface area contributed by atoms with Crippen molar-refractivity contribution >= 4 is 17.4 Å². The van der Waals surface area contributed by atoms with Gasteiger partial charge in [-0.25, -0.2) is 4.39 Å². The topological polar surface area (TPSA) is 43.1 Å². The maximum absolute atomic E-state index is 13.4. The first-order valence-electron chi connectivity index (χ1n) is 4.94. The van der Waals surface area contributed by atoms with Crippen LogP contribution >= 0.6 is 11.8 Å². The van der Waals surface area contributed by atoms with Gasteiger partial charge in [0.2, 0.25) is 5.82 Å². The van der Waals surface area contributed by atoms with E-state index in [1.54, 1.807) is 6.07 Å². The zero-order valence-electron chi connectivity index (χ0n) is 8.97. The van der Waals surface area contributed by atoms with Crippen molar-refractivity contribution in [2.45, 2.75) is 9.79 Å². The molecule has 0 spiro atoms. The van der Waals surface area contributed by atoms with E-state index in [2.05, 4.69) is 0 Å². The second-order valence-corrected chi connectivity index (χ2v) is 4.52. The average Bonchev–Trinajstić information content (AvgIpc) is 2.28. The lowest BCUT2D eigenvalue weighted by Crippen LogP contribution is -1.94.